The lowest BCUT2D eigenvalue weighted by Crippen LogP contribution is -2.14. The van der Waals surface area contributed by atoms with Crippen molar-refractivity contribution >= 4 is 50.1 Å². The van der Waals surface area contributed by atoms with E-state index in [0.29, 0.717) is 5.02 Å². The van der Waals surface area contributed by atoms with E-state index in [1.807, 2.05) is 22.6 Å². The Labute approximate surface area is 126 Å². The maximum atomic E-state index is 12.5. The molecule has 0 N–H and O–H groups in total. The van der Waals surface area contributed by atoms with Crippen molar-refractivity contribution in [1.82, 2.24) is 0 Å². The molecule has 0 atom stereocenters. The highest BCUT2D eigenvalue weighted by molar-refractivity contribution is 14.1. The van der Waals surface area contributed by atoms with Crippen LogP contribution < -0.4 is 0 Å². The third-order valence-electron chi connectivity index (χ3n) is 1.26. The lowest BCUT2D eigenvalue weighted by molar-refractivity contribution is -0.00229. The largest absolute Gasteiger partial charge is 0.358 e. The van der Waals surface area contributed by atoms with Crippen molar-refractivity contribution in [3.8, 4) is 0 Å². The van der Waals surface area contributed by atoms with Gasteiger partial charge in [0.05, 0.1) is 5.02 Å². The molecule has 0 heterocycles. The molecular formula is C10H11BrClFINO2. The van der Waals surface area contributed by atoms with Crippen LogP contribution in [-0.4, -0.2) is 5.60 Å². The molecule has 0 radical (unpaired) electrons. The highest BCUT2D eigenvalue weighted by Gasteiger charge is 2.09. The molecule has 0 aromatic heterocycles. The Bertz CT molecular complexity index is 375. The van der Waals surface area contributed by atoms with E-state index in [1.165, 1.54) is 12.1 Å². The standard InChI is InChI=1S/C6H2BrClFI.C4H9NO2/c7-6-4(8)1-3(9)2-5(6)10;1-4(2,3)7-5-6/h1-2H;1-3H3. The summed E-state index contributed by atoms with van der Waals surface area (Å²) in [5.74, 6) is -0.308. The lowest BCUT2D eigenvalue weighted by atomic mass is 10.2. The average molecular weight is 438 g/mol. The third kappa shape index (κ3) is 7.88. The first-order valence-corrected chi connectivity index (χ1v) is 6.73. The zero-order chi connectivity index (χ0) is 13.6. The quantitative estimate of drug-likeness (QED) is 0.196. The third-order valence-corrected chi connectivity index (χ3v) is 4.23. The molecule has 0 unspecified atom stereocenters. The Hall–Kier alpha value is 0.0500. The van der Waals surface area contributed by atoms with Gasteiger partial charge in [0.15, 0.2) is 5.34 Å². The smallest absolute Gasteiger partial charge is 0.155 e. The molecule has 0 aliphatic rings. The summed E-state index contributed by atoms with van der Waals surface area (Å²) in [6, 6.07) is 2.68. The van der Waals surface area contributed by atoms with Crippen LogP contribution in [0.2, 0.25) is 5.02 Å². The number of halogens is 4. The molecule has 3 nitrogen and oxygen atoms in total. The molecule has 1 aromatic carbocycles. The summed E-state index contributed by atoms with van der Waals surface area (Å²) in [6.07, 6.45) is 0. The van der Waals surface area contributed by atoms with Crippen molar-refractivity contribution in [3.05, 3.63) is 35.9 Å². The molecule has 0 spiro atoms. The van der Waals surface area contributed by atoms with Gasteiger partial charge in [0.2, 0.25) is 0 Å². The van der Waals surface area contributed by atoms with Crippen molar-refractivity contribution in [3.63, 3.8) is 0 Å². The molecule has 1 aromatic rings. The molecule has 0 aliphatic heterocycles. The number of hydrogen-bond donors (Lipinski definition) is 0. The summed E-state index contributed by atoms with van der Waals surface area (Å²) in [5.41, 5.74) is -0.429. The van der Waals surface area contributed by atoms with Crippen LogP contribution >= 0.6 is 50.1 Å². The van der Waals surface area contributed by atoms with E-state index in [0.717, 1.165) is 8.04 Å². The maximum Gasteiger partial charge on any atom is 0.155 e. The van der Waals surface area contributed by atoms with Gasteiger partial charge in [-0.1, -0.05) is 11.6 Å². The Morgan fingerprint density at radius 3 is 2.29 bits per heavy atom. The predicted octanol–water partition coefficient (Wildman–Crippen LogP) is 5.33. The number of hydrogen-bond acceptors (Lipinski definition) is 3. The van der Waals surface area contributed by atoms with Crippen molar-refractivity contribution < 1.29 is 9.23 Å². The molecule has 96 valence electrons. The fourth-order valence-electron chi connectivity index (χ4n) is 0.636. The van der Waals surface area contributed by atoms with E-state index in [4.69, 9.17) is 11.6 Å². The van der Waals surface area contributed by atoms with Gasteiger partial charge in [-0.2, -0.15) is 0 Å². The van der Waals surface area contributed by atoms with Gasteiger partial charge < -0.3 is 4.84 Å². The van der Waals surface area contributed by atoms with Crippen molar-refractivity contribution in [2.45, 2.75) is 26.4 Å². The second kappa shape index (κ2) is 7.48. The van der Waals surface area contributed by atoms with Gasteiger partial charge >= 0.3 is 0 Å². The van der Waals surface area contributed by atoms with Gasteiger partial charge in [0.1, 0.15) is 11.4 Å². The molecule has 0 saturated heterocycles. The monoisotopic (exact) mass is 437 g/mol. The lowest BCUT2D eigenvalue weighted by Gasteiger charge is -2.11. The second-order valence-electron chi connectivity index (χ2n) is 3.96. The van der Waals surface area contributed by atoms with E-state index >= 15 is 0 Å². The molecule has 0 fully saturated rings. The number of nitrogens with zero attached hydrogens (tertiary/aromatic N) is 1. The molecule has 0 saturated carbocycles. The zero-order valence-electron chi connectivity index (χ0n) is 9.43. The van der Waals surface area contributed by atoms with Crippen molar-refractivity contribution in [1.29, 1.82) is 0 Å². The Kier molecular flexibility index (Phi) is 7.50. The minimum atomic E-state index is -0.429. The first kappa shape index (κ1) is 17.1. The summed E-state index contributed by atoms with van der Waals surface area (Å²) < 4.78 is 14.0. The average Bonchev–Trinajstić information content (AvgIpc) is 2.13. The highest BCUT2D eigenvalue weighted by Crippen LogP contribution is 2.28. The molecule has 17 heavy (non-hydrogen) atoms. The number of benzene rings is 1. The van der Waals surface area contributed by atoms with Gasteiger partial charge in [-0.25, -0.2) is 4.39 Å². The molecule has 7 heteroatoms. The van der Waals surface area contributed by atoms with Gasteiger partial charge in [0, 0.05) is 8.04 Å². The fourth-order valence-corrected chi connectivity index (χ4v) is 1.82. The molecular weight excluding hydrogens is 427 g/mol. The SMILES string of the molecule is CC(C)(C)ON=O.Fc1cc(Cl)c(Br)c(I)c1. The second-order valence-corrected chi connectivity index (χ2v) is 6.32. The fraction of sp³-hybridized carbons (Fsp3) is 0.400. The van der Waals surface area contributed by atoms with Crippen LogP contribution in [0.25, 0.3) is 0 Å². The van der Waals surface area contributed by atoms with Gasteiger partial charge in [-0.05, 0) is 71.4 Å². The zero-order valence-corrected chi connectivity index (χ0v) is 13.9. The van der Waals surface area contributed by atoms with Gasteiger partial charge in [-0.15, -0.1) is 4.91 Å². The van der Waals surface area contributed by atoms with Crippen LogP contribution in [0.15, 0.2) is 21.9 Å². The summed E-state index contributed by atoms with van der Waals surface area (Å²) in [4.78, 5) is 13.6. The number of rotatable bonds is 1. The van der Waals surface area contributed by atoms with Crippen LogP contribution in [0.4, 0.5) is 4.39 Å². The first-order chi connectivity index (χ1) is 7.67. The molecule has 1 rings (SSSR count). The van der Waals surface area contributed by atoms with Crippen molar-refractivity contribution in [2.24, 2.45) is 5.34 Å². The molecule has 0 aliphatic carbocycles. The van der Waals surface area contributed by atoms with E-state index in [1.54, 1.807) is 20.8 Å². The summed E-state index contributed by atoms with van der Waals surface area (Å²) >= 11 is 10.8. The van der Waals surface area contributed by atoms with Crippen LogP contribution in [0.5, 0.6) is 0 Å². The van der Waals surface area contributed by atoms with E-state index in [-0.39, 0.29) is 5.82 Å². The van der Waals surface area contributed by atoms with Gasteiger partial charge in [-0.3, -0.25) is 0 Å². The van der Waals surface area contributed by atoms with Crippen LogP contribution in [0, 0.1) is 14.3 Å². The van der Waals surface area contributed by atoms with Crippen LogP contribution in [-0.2, 0) is 4.84 Å². The predicted molar refractivity (Wildman–Crippen MR) is 78.5 cm³/mol. The Balaban J connectivity index is 0.000000325. The Morgan fingerprint density at radius 1 is 1.47 bits per heavy atom. The topological polar surface area (TPSA) is 38.7 Å². The minimum absolute atomic E-state index is 0.308. The van der Waals surface area contributed by atoms with Crippen molar-refractivity contribution in [2.75, 3.05) is 0 Å². The first-order valence-electron chi connectivity index (χ1n) is 4.48. The van der Waals surface area contributed by atoms with E-state index < -0.39 is 5.60 Å². The van der Waals surface area contributed by atoms with Crippen LogP contribution in [0.1, 0.15) is 20.8 Å². The summed E-state index contributed by atoms with van der Waals surface area (Å²) in [7, 11) is 0. The molecule has 0 amide bonds. The maximum absolute atomic E-state index is 12.5. The van der Waals surface area contributed by atoms with Crippen LogP contribution in [0.3, 0.4) is 0 Å². The van der Waals surface area contributed by atoms with Gasteiger partial charge in [0.25, 0.3) is 0 Å². The minimum Gasteiger partial charge on any atom is -0.358 e. The normalized spacial score (nSPS) is 10.3. The van der Waals surface area contributed by atoms with E-state index in [2.05, 4.69) is 26.1 Å². The highest BCUT2D eigenvalue weighted by atomic mass is 127. The summed E-state index contributed by atoms with van der Waals surface area (Å²) in [6.45, 7) is 5.28. The Morgan fingerprint density at radius 2 is 2.00 bits per heavy atom. The summed E-state index contributed by atoms with van der Waals surface area (Å²) in [5, 5.41) is 2.66. The van der Waals surface area contributed by atoms with E-state index in [9.17, 15) is 9.30 Å². The molecule has 0 bridgehead atoms.